The minimum absolute atomic E-state index is 0.0259. The van der Waals surface area contributed by atoms with Crippen LogP contribution in [0.3, 0.4) is 0 Å². The van der Waals surface area contributed by atoms with E-state index in [9.17, 15) is 14.4 Å². The number of hydrogen-bond acceptors (Lipinski definition) is 3. The fourth-order valence-electron chi connectivity index (χ4n) is 4.33. The lowest BCUT2D eigenvalue weighted by atomic mass is 10.1. The number of H-pyrrole nitrogens is 1. The van der Waals surface area contributed by atoms with Gasteiger partial charge in [-0.25, -0.2) is 4.79 Å². The van der Waals surface area contributed by atoms with E-state index in [0.717, 1.165) is 49.8 Å². The first-order valence-corrected chi connectivity index (χ1v) is 9.91. The summed E-state index contributed by atoms with van der Waals surface area (Å²) in [5.74, 6) is 0.143. The number of nitrogens with one attached hydrogen (secondary N) is 1. The van der Waals surface area contributed by atoms with Crippen molar-refractivity contribution in [2.24, 2.45) is 0 Å². The summed E-state index contributed by atoms with van der Waals surface area (Å²) in [5, 5.41) is 0. The van der Waals surface area contributed by atoms with Gasteiger partial charge in [0.1, 0.15) is 6.04 Å². The molecule has 0 aliphatic carbocycles. The van der Waals surface area contributed by atoms with E-state index >= 15 is 0 Å². The summed E-state index contributed by atoms with van der Waals surface area (Å²) in [5.41, 5.74) is 1.52. The molecule has 2 aliphatic rings. The van der Waals surface area contributed by atoms with Crippen molar-refractivity contribution in [1.29, 1.82) is 0 Å². The molecule has 1 aromatic heterocycles. The van der Waals surface area contributed by atoms with Crippen LogP contribution in [0, 0.1) is 0 Å². The van der Waals surface area contributed by atoms with Crippen LogP contribution in [-0.4, -0.2) is 56.8 Å². The molecule has 0 radical (unpaired) electrons. The van der Waals surface area contributed by atoms with Gasteiger partial charge in [0.15, 0.2) is 0 Å². The highest BCUT2D eigenvalue weighted by molar-refractivity contribution is 5.88. The Labute approximate surface area is 157 Å². The van der Waals surface area contributed by atoms with Crippen LogP contribution in [0.15, 0.2) is 29.1 Å². The molecule has 1 aromatic carbocycles. The standard InChI is InChI=1S/C20H26N4O3/c25-18(23-13-5-9-17(23)19(26)22-11-3-4-12-22)10-6-14-24-16-8-2-1-7-15(16)21-20(24)27/h1-2,7-8,17H,3-6,9-14H2,(H,21,27)/t17-/m0/s1. The zero-order valence-electron chi connectivity index (χ0n) is 15.5. The molecule has 4 rings (SSSR count). The molecule has 2 aliphatic heterocycles. The minimum atomic E-state index is -0.286. The number of rotatable bonds is 5. The highest BCUT2D eigenvalue weighted by Gasteiger charge is 2.36. The van der Waals surface area contributed by atoms with Crippen LogP contribution in [-0.2, 0) is 16.1 Å². The topological polar surface area (TPSA) is 78.4 Å². The maximum absolute atomic E-state index is 12.7. The number of aryl methyl sites for hydroxylation is 1. The number of para-hydroxylation sites is 2. The van der Waals surface area contributed by atoms with Crippen molar-refractivity contribution in [3.63, 3.8) is 0 Å². The number of hydrogen-bond donors (Lipinski definition) is 1. The monoisotopic (exact) mass is 370 g/mol. The van der Waals surface area contributed by atoms with Crippen LogP contribution < -0.4 is 5.69 Å². The van der Waals surface area contributed by atoms with Gasteiger partial charge in [-0.1, -0.05) is 12.1 Å². The third kappa shape index (κ3) is 3.50. The lowest BCUT2D eigenvalue weighted by Gasteiger charge is -2.27. The summed E-state index contributed by atoms with van der Waals surface area (Å²) < 4.78 is 1.68. The summed E-state index contributed by atoms with van der Waals surface area (Å²) in [4.78, 5) is 44.0. The van der Waals surface area contributed by atoms with Gasteiger partial charge in [0.25, 0.3) is 0 Å². The Kier molecular flexibility index (Phi) is 5.01. The number of imidazole rings is 1. The smallest absolute Gasteiger partial charge is 0.326 e. The van der Waals surface area contributed by atoms with Crippen LogP contribution >= 0.6 is 0 Å². The quantitative estimate of drug-likeness (QED) is 0.870. The molecule has 1 atom stereocenters. The molecular formula is C20H26N4O3. The molecule has 0 spiro atoms. The Morgan fingerprint density at radius 2 is 1.85 bits per heavy atom. The van der Waals surface area contributed by atoms with Gasteiger partial charge in [-0.3, -0.25) is 14.2 Å². The normalized spacial score (nSPS) is 19.9. The molecule has 2 saturated heterocycles. The zero-order valence-corrected chi connectivity index (χ0v) is 15.5. The number of nitrogens with zero attached hydrogens (tertiary/aromatic N) is 3. The Morgan fingerprint density at radius 3 is 2.67 bits per heavy atom. The minimum Gasteiger partial charge on any atom is -0.341 e. The van der Waals surface area contributed by atoms with Crippen LogP contribution in [0.5, 0.6) is 0 Å². The number of carbonyl (C=O) groups is 2. The second-order valence-corrected chi connectivity index (χ2v) is 7.48. The maximum atomic E-state index is 12.7. The molecule has 0 unspecified atom stereocenters. The van der Waals surface area contributed by atoms with Gasteiger partial charge >= 0.3 is 5.69 Å². The molecule has 2 fully saturated rings. The highest BCUT2D eigenvalue weighted by atomic mass is 16.2. The average Bonchev–Trinajstić information content (AvgIpc) is 3.41. The summed E-state index contributed by atoms with van der Waals surface area (Å²) in [6.07, 6.45) is 4.72. The second-order valence-electron chi connectivity index (χ2n) is 7.48. The van der Waals surface area contributed by atoms with Gasteiger partial charge in [-0.2, -0.15) is 0 Å². The first-order valence-electron chi connectivity index (χ1n) is 9.91. The number of likely N-dealkylation sites (tertiary alicyclic amines) is 2. The molecule has 7 nitrogen and oxygen atoms in total. The second kappa shape index (κ2) is 7.58. The Morgan fingerprint density at radius 1 is 1.07 bits per heavy atom. The first kappa shape index (κ1) is 17.8. The Bertz CT molecular complexity index is 894. The van der Waals surface area contributed by atoms with Crippen molar-refractivity contribution in [1.82, 2.24) is 19.4 Å². The number of carbonyl (C=O) groups excluding carboxylic acids is 2. The zero-order chi connectivity index (χ0) is 18.8. The van der Waals surface area contributed by atoms with Crippen molar-refractivity contribution in [2.75, 3.05) is 19.6 Å². The average molecular weight is 370 g/mol. The van der Waals surface area contributed by atoms with Crippen LogP contribution in [0.2, 0.25) is 0 Å². The van der Waals surface area contributed by atoms with Gasteiger partial charge in [-0.15, -0.1) is 0 Å². The van der Waals surface area contributed by atoms with E-state index in [1.165, 1.54) is 0 Å². The molecular weight excluding hydrogens is 344 g/mol. The van der Waals surface area contributed by atoms with E-state index in [0.29, 0.717) is 25.9 Å². The van der Waals surface area contributed by atoms with Gasteiger partial charge in [0, 0.05) is 32.6 Å². The number of aromatic nitrogens is 2. The van der Waals surface area contributed by atoms with Crippen molar-refractivity contribution < 1.29 is 9.59 Å². The summed E-state index contributed by atoms with van der Waals surface area (Å²) in [6.45, 7) is 2.80. The Balaban J connectivity index is 1.36. The van der Waals surface area contributed by atoms with E-state index in [4.69, 9.17) is 0 Å². The van der Waals surface area contributed by atoms with Gasteiger partial charge in [0.2, 0.25) is 11.8 Å². The van der Waals surface area contributed by atoms with E-state index in [-0.39, 0.29) is 23.5 Å². The van der Waals surface area contributed by atoms with Crippen LogP contribution in [0.1, 0.15) is 38.5 Å². The highest BCUT2D eigenvalue weighted by Crippen LogP contribution is 2.23. The number of benzene rings is 1. The predicted molar refractivity (Wildman–Crippen MR) is 102 cm³/mol. The van der Waals surface area contributed by atoms with Crippen molar-refractivity contribution in [3.8, 4) is 0 Å². The summed E-state index contributed by atoms with van der Waals surface area (Å²) in [7, 11) is 0. The Hall–Kier alpha value is -2.57. The number of amides is 2. The van der Waals surface area contributed by atoms with Crippen molar-refractivity contribution in [2.45, 2.75) is 51.1 Å². The molecule has 0 saturated carbocycles. The van der Waals surface area contributed by atoms with Gasteiger partial charge < -0.3 is 14.8 Å². The number of fused-ring (bicyclic) bond motifs is 1. The fourth-order valence-corrected chi connectivity index (χ4v) is 4.33. The van der Waals surface area contributed by atoms with Gasteiger partial charge in [0.05, 0.1) is 11.0 Å². The first-order chi connectivity index (χ1) is 13.1. The fraction of sp³-hybridized carbons (Fsp3) is 0.550. The van der Waals surface area contributed by atoms with E-state index in [1.54, 1.807) is 9.47 Å². The predicted octanol–water partition coefficient (Wildman–Crippen LogP) is 1.72. The van der Waals surface area contributed by atoms with Crippen molar-refractivity contribution >= 4 is 22.8 Å². The van der Waals surface area contributed by atoms with E-state index in [1.807, 2.05) is 29.2 Å². The third-order valence-corrected chi connectivity index (χ3v) is 5.73. The third-order valence-electron chi connectivity index (χ3n) is 5.73. The molecule has 144 valence electrons. The lowest BCUT2D eigenvalue weighted by molar-refractivity contribution is -0.143. The van der Waals surface area contributed by atoms with Gasteiger partial charge in [-0.05, 0) is 44.2 Å². The van der Waals surface area contributed by atoms with E-state index in [2.05, 4.69) is 4.98 Å². The summed E-state index contributed by atoms with van der Waals surface area (Å²) >= 11 is 0. The number of aromatic amines is 1. The van der Waals surface area contributed by atoms with Crippen LogP contribution in [0.4, 0.5) is 0 Å². The maximum Gasteiger partial charge on any atom is 0.326 e. The lowest BCUT2D eigenvalue weighted by Crippen LogP contribution is -2.46. The molecule has 1 N–H and O–H groups in total. The molecule has 0 bridgehead atoms. The molecule has 27 heavy (non-hydrogen) atoms. The molecule has 2 amide bonds. The van der Waals surface area contributed by atoms with E-state index < -0.39 is 0 Å². The summed E-state index contributed by atoms with van der Waals surface area (Å²) in [6, 6.07) is 7.27. The molecule has 7 heteroatoms. The van der Waals surface area contributed by atoms with Crippen molar-refractivity contribution in [3.05, 3.63) is 34.7 Å². The molecule has 3 heterocycles. The SMILES string of the molecule is O=C([C@@H]1CCCN1C(=O)CCCn1c(=O)[nH]c2ccccc21)N1CCCC1. The molecule has 2 aromatic rings. The largest absolute Gasteiger partial charge is 0.341 e. The van der Waals surface area contributed by atoms with Crippen LogP contribution in [0.25, 0.3) is 11.0 Å².